The molecule has 4 aromatic rings. The highest BCUT2D eigenvalue weighted by molar-refractivity contribution is 9.10. The molecule has 0 radical (unpaired) electrons. The molecule has 0 aliphatic carbocycles. The molecule has 0 amide bonds. The molecule has 0 saturated carbocycles. The Balaban J connectivity index is 1.57. The Labute approximate surface area is 296 Å². The average molecular weight is 811 g/mol. The number of fused-ring (bicyclic) bond motifs is 1. The number of halogens is 4. The summed E-state index contributed by atoms with van der Waals surface area (Å²) < 4.78 is 26.1. The quantitative estimate of drug-likeness (QED) is 0.153. The van der Waals surface area contributed by atoms with Crippen LogP contribution in [0, 0.1) is 0 Å². The molecule has 240 valence electrons. The van der Waals surface area contributed by atoms with E-state index in [0.717, 1.165) is 11.1 Å². The minimum atomic E-state index is -0.835. The van der Waals surface area contributed by atoms with Crippen LogP contribution in [0.1, 0.15) is 43.5 Å². The molecule has 1 atom stereocenters. The van der Waals surface area contributed by atoms with Gasteiger partial charge in [-0.05, 0) is 90.3 Å². The number of carbonyl (C=O) groups excluding carboxylic acids is 1. The molecule has 1 aliphatic rings. The van der Waals surface area contributed by atoms with Gasteiger partial charge in [-0.25, -0.2) is 9.79 Å². The Morgan fingerprint density at radius 3 is 2.46 bits per heavy atom. The van der Waals surface area contributed by atoms with Crippen molar-refractivity contribution in [3.8, 4) is 17.2 Å². The first kappa shape index (κ1) is 34.3. The third-order valence-corrected chi connectivity index (χ3v) is 9.92. The molecule has 13 heteroatoms. The number of thiazole rings is 1. The van der Waals surface area contributed by atoms with Crippen LogP contribution in [0.2, 0.25) is 10.0 Å². The van der Waals surface area contributed by atoms with Crippen molar-refractivity contribution in [1.82, 2.24) is 4.57 Å². The number of ether oxygens (including phenoxy) is 4. The first-order valence-corrected chi connectivity index (χ1v) is 17.3. The summed E-state index contributed by atoms with van der Waals surface area (Å²) in [5, 5.41) is 1.07. The molecule has 0 N–H and O–H groups in total. The summed E-state index contributed by atoms with van der Waals surface area (Å²) >= 11 is 20.8. The minimum Gasteiger partial charge on any atom is -0.493 e. The molecule has 0 bridgehead atoms. The van der Waals surface area contributed by atoms with Crippen molar-refractivity contribution in [2.24, 2.45) is 4.99 Å². The van der Waals surface area contributed by atoms with E-state index in [-0.39, 0.29) is 24.3 Å². The minimum absolute atomic E-state index is 0.169. The van der Waals surface area contributed by atoms with E-state index in [2.05, 4.69) is 36.9 Å². The van der Waals surface area contributed by atoms with Crippen molar-refractivity contribution in [2.45, 2.75) is 33.4 Å². The fourth-order valence-electron chi connectivity index (χ4n) is 4.94. The summed E-state index contributed by atoms with van der Waals surface area (Å²) in [7, 11) is 1.54. The van der Waals surface area contributed by atoms with Crippen LogP contribution in [0.4, 0.5) is 0 Å². The first-order valence-electron chi connectivity index (χ1n) is 14.1. The lowest BCUT2D eigenvalue weighted by Gasteiger charge is -2.26. The van der Waals surface area contributed by atoms with Crippen LogP contribution in [-0.2, 0) is 16.1 Å². The van der Waals surface area contributed by atoms with Gasteiger partial charge in [0.05, 0.1) is 46.6 Å². The summed E-state index contributed by atoms with van der Waals surface area (Å²) in [4.78, 5) is 32.6. The Bertz CT molecular complexity index is 2040. The zero-order chi connectivity index (χ0) is 33.1. The molecule has 8 nitrogen and oxygen atoms in total. The van der Waals surface area contributed by atoms with Gasteiger partial charge in [0, 0.05) is 20.1 Å². The zero-order valence-corrected chi connectivity index (χ0v) is 30.7. The van der Waals surface area contributed by atoms with Gasteiger partial charge in [0.25, 0.3) is 5.56 Å². The van der Waals surface area contributed by atoms with Crippen LogP contribution in [0.25, 0.3) is 6.08 Å². The molecule has 1 aliphatic heterocycles. The molecule has 2 heterocycles. The molecular weight excluding hydrogens is 783 g/mol. The van der Waals surface area contributed by atoms with E-state index in [1.807, 2.05) is 31.2 Å². The molecule has 5 rings (SSSR count). The van der Waals surface area contributed by atoms with Crippen LogP contribution in [0.5, 0.6) is 17.2 Å². The van der Waals surface area contributed by atoms with Crippen molar-refractivity contribution in [3.63, 3.8) is 0 Å². The Morgan fingerprint density at radius 2 is 1.78 bits per heavy atom. The van der Waals surface area contributed by atoms with Gasteiger partial charge in [0.2, 0.25) is 0 Å². The van der Waals surface area contributed by atoms with Gasteiger partial charge in [-0.2, -0.15) is 0 Å². The number of esters is 1. The highest BCUT2D eigenvalue weighted by Crippen LogP contribution is 2.41. The lowest BCUT2D eigenvalue weighted by molar-refractivity contribution is -0.139. The molecule has 0 spiro atoms. The van der Waals surface area contributed by atoms with Gasteiger partial charge in [0.1, 0.15) is 12.4 Å². The summed E-state index contributed by atoms with van der Waals surface area (Å²) in [6.07, 6.45) is 1.78. The number of allylic oxidation sites excluding steroid dienone is 1. The topological polar surface area (TPSA) is 88.4 Å². The summed E-state index contributed by atoms with van der Waals surface area (Å²) in [6.45, 7) is 6.20. The first-order chi connectivity index (χ1) is 22.1. The van der Waals surface area contributed by atoms with Crippen LogP contribution in [0.3, 0.4) is 0 Å². The third-order valence-electron chi connectivity index (χ3n) is 7.05. The van der Waals surface area contributed by atoms with Crippen LogP contribution < -0.4 is 29.1 Å². The predicted octanol–water partition coefficient (Wildman–Crippen LogP) is 7.62. The van der Waals surface area contributed by atoms with Crippen molar-refractivity contribution in [1.29, 1.82) is 0 Å². The second-order valence-electron chi connectivity index (χ2n) is 9.97. The van der Waals surface area contributed by atoms with Gasteiger partial charge in [-0.15, -0.1) is 0 Å². The number of rotatable bonds is 10. The van der Waals surface area contributed by atoms with Gasteiger partial charge >= 0.3 is 5.97 Å². The number of nitrogens with zero attached hydrogens (tertiary/aromatic N) is 2. The van der Waals surface area contributed by atoms with Crippen LogP contribution >= 0.6 is 66.4 Å². The molecule has 0 fully saturated rings. The Hall–Kier alpha value is -3.09. The Morgan fingerprint density at radius 1 is 1.00 bits per heavy atom. The van der Waals surface area contributed by atoms with Crippen LogP contribution in [-0.4, -0.2) is 30.9 Å². The molecular formula is C33H28Br2Cl2N2O6S. The molecule has 0 saturated heterocycles. The van der Waals surface area contributed by atoms with Gasteiger partial charge in [-0.1, -0.05) is 62.6 Å². The highest BCUT2D eigenvalue weighted by atomic mass is 79.9. The highest BCUT2D eigenvalue weighted by Gasteiger charge is 2.35. The van der Waals surface area contributed by atoms with E-state index in [1.165, 1.54) is 23.0 Å². The van der Waals surface area contributed by atoms with E-state index < -0.39 is 12.0 Å². The summed E-state index contributed by atoms with van der Waals surface area (Å²) in [5.41, 5.74) is 2.59. The monoisotopic (exact) mass is 808 g/mol. The average Bonchev–Trinajstić information content (AvgIpc) is 3.31. The normalized spacial score (nSPS) is 14.5. The van der Waals surface area contributed by atoms with Crippen molar-refractivity contribution in [2.75, 3.05) is 20.3 Å². The molecule has 1 aromatic heterocycles. The zero-order valence-electron chi connectivity index (χ0n) is 25.2. The van der Waals surface area contributed by atoms with Gasteiger partial charge < -0.3 is 18.9 Å². The standard InChI is InChI=1S/C33H28Br2Cl2N2O6S/c1-5-43-27-15-22(34)21(14-26(27)42-4)30-29(32(41)44-6-2)17(3)38-33-39(30)31(40)28(46-33)12-18-7-10-25(23(35)11-18)45-16-19-8-9-20(36)13-24(19)37/h7-15,30H,5-6,16H2,1-4H3/b28-12+/t30-/m0/s1. The van der Waals surface area contributed by atoms with E-state index >= 15 is 0 Å². The largest absolute Gasteiger partial charge is 0.493 e. The van der Waals surface area contributed by atoms with Gasteiger partial charge in [0.15, 0.2) is 16.3 Å². The predicted molar refractivity (Wildman–Crippen MR) is 187 cm³/mol. The van der Waals surface area contributed by atoms with Gasteiger partial charge in [-0.3, -0.25) is 9.36 Å². The smallest absolute Gasteiger partial charge is 0.338 e. The number of hydrogen-bond donors (Lipinski definition) is 0. The third kappa shape index (κ3) is 7.08. The second-order valence-corrected chi connectivity index (χ2v) is 13.5. The lowest BCUT2D eigenvalue weighted by atomic mass is 9.95. The number of aromatic nitrogens is 1. The van der Waals surface area contributed by atoms with Crippen LogP contribution in [0.15, 0.2) is 78.5 Å². The Kier molecular flexibility index (Phi) is 11.0. The van der Waals surface area contributed by atoms with E-state index in [9.17, 15) is 9.59 Å². The maximum atomic E-state index is 14.1. The number of benzene rings is 3. The van der Waals surface area contributed by atoms with E-state index in [1.54, 1.807) is 44.2 Å². The van der Waals surface area contributed by atoms with E-state index in [0.29, 0.717) is 63.4 Å². The number of hydrogen-bond acceptors (Lipinski definition) is 8. The fourth-order valence-corrected chi connectivity index (χ4v) is 7.50. The maximum absolute atomic E-state index is 14.1. The summed E-state index contributed by atoms with van der Waals surface area (Å²) in [6, 6.07) is 13.5. The molecule has 3 aromatic carbocycles. The lowest BCUT2D eigenvalue weighted by Crippen LogP contribution is -2.40. The number of carbonyl (C=O) groups is 1. The second kappa shape index (κ2) is 14.8. The molecule has 0 unspecified atom stereocenters. The van der Waals surface area contributed by atoms with Crippen molar-refractivity contribution < 1.29 is 23.7 Å². The maximum Gasteiger partial charge on any atom is 0.338 e. The molecule has 46 heavy (non-hydrogen) atoms. The fraction of sp³-hybridized carbons (Fsp3) is 0.242. The SMILES string of the molecule is CCOC(=O)C1=C(C)N=c2s/c(=C/c3ccc(OCc4ccc(Cl)cc4Cl)c(Br)c3)c(=O)n2[C@H]1c1cc(OC)c(OCC)cc1Br. The van der Waals surface area contributed by atoms with E-state index in [4.69, 9.17) is 42.1 Å². The van der Waals surface area contributed by atoms with Crippen molar-refractivity contribution in [3.05, 3.63) is 115 Å². The summed E-state index contributed by atoms with van der Waals surface area (Å²) in [5.74, 6) is 1.04. The van der Waals surface area contributed by atoms with Crippen molar-refractivity contribution >= 4 is 78.4 Å². The number of methoxy groups -OCH3 is 1.